The highest BCUT2D eigenvalue weighted by molar-refractivity contribution is 6.12. The van der Waals surface area contributed by atoms with E-state index in [1.807, 2.05) is 57.7 Å². The molecule has 7 heteroatoms. The van der Waals surface area contributed by atoms with Crippen LogP contribution in [0.2, 0.25) is 0 Å². The molecule has 6 aromatic carbocycles. The predicted octanol–water partition coefficient (Wildman–Crippen LogP) is 13.6. The smallest absolute Gasteiger partial charge is 0.309 e. The molecule has 2 aromatic heterocycles. The third kappa shape index (κ3) is 5.43. The molecule has 54 heavy (non-hydrogen) atoms. The van der Waals surface area contributed by atoms with Crippen molar-refractivity contribution >= 4 is 49.3 Å². The van der Waals surface area contributed by atoms with Crippen molar-refractivity contribution in [2.45, 2.75) is 58.5 Å². The van der Waals surface area contributed by atoms with E-state index in [-0.39, 0.29) is 33.2 Å². The molecule has 0 aliphatic heterocycles. The molecule has 0 N–H and O–H groups in total. The average Bonchev–Trinajstić information content (AvgIpc) is 3.65. The minimum absolute atomic E-state index is 0.135. The SMILES string of the molecule is [C-]#[N+]c1cccc(C(F)(F)F)c1-c1c(-n2c3ccccc3c3ccc(C(C)(C)C)cc32)cc(C#N)cc1-n1c2ccccc2c2ccc(C(C)(C)C)cc21. The molecule has 8 aromatic rings. The van der Waals surface area contributed by atoms with E-state index in [2.05, 4.69) is 88.9 Å². The summed E-state index contributed by atoms with van der Waals surface area (Å²) in [7, 11) is 0. The number of nitriles is 1. The molecule has 8 rings (SSSR count). The molecule has 0 fully saturated rings. The van der Waals surface area contributed by atoms with Gasteiger partial charge < -0.3 is 9.13 Å². The van der Waals surface area contributed by atoms with E-state index in [0.717, 1.165) is 60.8 Å². The van der Waals surface area contributed by atoms with Crippen LogP contribution in [-0.4, -0.2) is 9.13 Å². The number of fused-ring (bicyclic) bond motifs is 6. The first-order chi connectivity index (χ1) is 25.6. The molecule has 0 saturated carbocycles. The van der Waals surface area contributed by atoms with Gasteiger partial charge in [0.2, 0.25) is 0 Å². The first-order valence-electron chi connectivity index (χ1n) is 17.9. The Bertz CT molecular complexity index is 2760. The van der Waals surface area contributed by atoms with Gasteiger partial charge >= 0.3 is 6.18 Å². The number of hydrogen-bond donors (Lipinski definition) is 0. The van der Waals surface area contributed by atoms with Crippen LogP contribution in [0.15, 0.2) is 115 Å². The molecule has 0 bridgehead atoms. The van der Waals surface area contributed by atoms with Crippen LogP contribution in [0.3, 0.4) is 0 Å². The van der Waals surface area contributed by atoms with E-state index >= 15 is 13.2 Å². The van der Waals surface area contributed by atoms with Crippen molar-refractivity contribution in [3.63, 3.8) is 0 Å². The van der Waals surface area contributed by atoms with E-state index in [1.54, 1.807) is 12.1 Å². The van der Waals surface area contributed by atoms with E-state index in [4.69, 9.17) is 6.57 Å². The van der Waals surface area contributed by atoms with E-state index in [1.165, 1.54) is 12.1 Å². The Balaban J connectivity index is 1.67. The maximum absolute atomic E-state index is 15.4. The van der Waals surface area contributed by atoms with Gasteiger partial charge in [0.15, 0.2) is 5.69 Å². The van der Waals surface area contributed by atoms with E-state index < -0.39 is 11.7 Å². The zero-order valence-electron chi connectivity index (χ0n) is 30.9. The van der Waals surface area contributed by atoms with Crippen molar-refractivity contribution in [1.29, 1.82) is 5.26 Å². The van der Waals surface area contributed by atoms with Crippen LogP contribution in [0.4, 0.5) is 18.9 Å². The van der Waals surface area contributed by atoms with Crippen LogP contribution in [0.1, 0.15) is 63.8 Å². The summed E-state index contributed by atoms with van der Waals surface area (Å²) in [5.74, 6) is 0. The number of para-hydroxylation sites is 2. The van der Waals surface area contributed by atoms with Gasteiger partial charge in [-0.1, -0.05) is 120 Å². The summed E-state index contributed by atoms with van der Waals surface area (Å²) in [5, 5.41) is 14.4. The fourth-order valence-electron chi connectivity index (χ4n) is 7.81. The van der Waals surface area contributed by atoms with Crippen LogP contribution in [0.5, 0.6) is 0 Å². The molecule has 0 saturated heterocycles. The Morgan fingerprint density at radius 3 is 1.44 bits per heavy atom. The second-order valence-corrected chi connectivity index (χ2v) is 16.0. The zero-order valence-corrected chi connectivity index (χ0v) is 30.9. The first kappa shape index (κ1) is 34.8. The normalized spacial score (nSPS) is 12.5. The van der Waals surface area contributed by atoms with Crippen molar-refractivity contribution in [1.82, 2.24) is 9.13 Å². The number of halogens is 3. The fourth-order valence-corrected chi connectivity index (χ4v) is 7.81. The topological polar surface area (TPSA) is 38.0 Å². The summed E-state index contributed by atoms with van der Waals surface area (Å²) in [6.45, 7) is 20.9. The van der Waals surface area contributed by atoms with Crippen LogP contribution in [0, 0.1) is 17.9 Å². The quantitative estimate of drug-likeness (QED) is 0.168. The molecule has 0 unspecified atom stereocenters. The predicted molar refractivity (Wildman–Crippen MR) is 214 cm³/mol. The molecule has 2 heterocycles. The Morgan fingerprint density at radius 2 is 1.02 bits per heavy atom. The van der Waals surface area contributed by atoms with Gasteiger partial charge in [-0.05, 0) is 58.4 Å². The number of aromatic nitrogens is 2. The minimum Gasteiger partial charge on any atom is -0.309 e. The minimum atomic E-state index is -4.79. The summed E-state index contributed by atoms with van der Waals surface area (Å²) in [5.41, 5.74) is 4.70. The maximum Gasteiger partial charge on any atom is 0.415 e. The lowest BCUT2D eigenvalue weighted by Gasteiger charge is -2.25. The third-order valence-corrected chi connectivity index (χ3v) is 10.5. The van der Waals surface area contributed by atoms with Crippen LogP contribution < -0.4 is 0 Å². The number of nitrogens with zero attached hydrogens (tertiary/aromatic N) is 4. The summed E-state index contributed by atoms with van der Waals surface area (Å²) in [4.78, 5) is 3.72. The van der Waals surface area contributed by atoms with Crippen molar-refractivity contribution < 1.29 is 13.2 Å². The lowest BCUT2D eigenvalue weighted by atomic mass is 9.86. The lowest BCUT2D eigenvalue weighted by molar-refractivity contribution is -0.137. The molecule has 0 radical (unpaired) electrons. The summed E-state index contributed by atoms with van der Waals surface area (Å²) in [6.07, 6.45) is -4.79. The molecule has 0 spiro atoms. The van der Waals surface area contributed by atoms with E-state index in [0.29, 0.717) is 11.4 Å². The van der Waals surface area contributed by atoms with Gasteiger partial charge in [0.05, 0.1) is 57.2 Å². The average molecular weight is 715 g/mol. The largest absolute Gasteiger partial charge is 0.415 e. The van der Waals surface area contributed by atoms with Gasteiger partial charge in [0, 0.05) is 32.7 Å². The van der Waals surface area contributed by atoms with Gasteiger partial charge in [-0.15, -0.1) is 0 Å². The zero-order chi connectivity index (χ0) is 38.3. The highest BCUT2D eigenvalue weighted by Crippen LogP contribution is 2.50. The molecule has 266 valence electrons. The standard InChI is InChI=1S/C47H37F3N4/c1-45(2,3)29-19-21-33-31-13-8-10-17-37(31)53(39(33)25-29)41-23-28(27-51)24-42(44(41)43-35(47(48,49)50)15-12-16-36(43)52-7)54-38-18-11-9-14-32(38)34-22-20-30(26-40(34)54)46(4,5)6/h8-26H,1-6H3. The molecule has 0 amide bonds. The first-order valence-corrected chi connectivity index (χ1v) is 17.9. The number of hydrogen-bond acceptors (Lipinski definition) is 1. The second-order valence-electron chi connectivity index (χ2n) is 16.0. The lowest BCUT2D eigenvalue weighted by Crippen LogP contribution is -2.12. The maximum atomic E-state index is 15.4. The molecule has 4 nitrogen and oxygen atoms in total. The summed E-state index contributed by atoms with van der Waals surface area (Å²) >= 11 is 0. The van der Waals surface area contributed by atoms with Gasteiger partial charge in [0.1, 0.15) is 0 Å². The molecule has 0 aliphatic rings. The molecule has 0 atom stereocenters. The summed E-state index contributed by atoms with van der Waals surface area (Å²) < 4.78 is 50.0. The monoisotopic (exact) mass is 714 g/mol. The molecular weight excluding hydrogens is 678 g/mol. The van der Waals surface area contributed by atoms with Crippen molar-refractivity contribution in [2.75, 3.05) is 0 Å². The second kappa shape index (κ2) is 12.1. The van der Waals surface area contributed by atoms with Crippen molar-refractivity contribution in [2.24, 2.45) is 0 Å². The Morgan fingerprint density at radius 1 is 0.556 bits per heavy atom. The Hall–Kier alpha value is -6.31. The highest BCUT2D eigenvalue weighted by atomic mass is 19.4. The van der Waals surface area contributed by atoms with Gasteiger partial charge in [-0.2, -0.15) is 18.4 Å². The van der Waals surface area contributed by atoms with Gasteiger partial charge in [-0.25, -0.2) is 4.85 Å². The van der Waals surface area contributed by atoms with Crippen LogP contribution in [-0.2, 0) is 17.0 Å². The van der Waals surface area contributed by atoms with Gasteiger partial charge in [0.25, 0.3) is 0 Å². The number of benzene rings is 6. The van der Waals surface area contributed by atoms with Crippen molar-refractivity contribution in [3.05, 3.63) is 149 Å². The number of rotatable bonds is 3. The van der Waals surface area contributed by atoms with E-state index in [9.17, 15) is 5.26 Å². The van der Waals surface area contributed by atoms with Crippen molar-refractivity contribution in [3.8, 4) is 28.6 Å². The van der Waals surface area contributed by atoms with Crippen LogP contribution in [0.25, 0.3) is 71.0 Å². The Kier molecular flexibility index (Phi) is 7.80. The molecule has 0 aliphatic carbocycles. The van der Waals surface area contributed by atoms with Gasteiger partial charge in [-0.3, -0.25) is 0 Å². The highest BCUT2D eigenvalue weighted by Gasteiger charge is 2.37. The van der Waals surface area contributed by atoms with Crippen LogP contribution >= 0.6 is 0 Å². The number of alkyl halides is 3. The fraction of sp³-hybridized carbons (Fsp3) is 0.191. The third-order valence-electron chi connectivity index (χ3n) is 10.5. The molecular formula is C47H37F3N4. The summed E-state index contributed by atoms with van der Waals surface area (Å²) in [6, 6.07) is 37.6. The Labute approximate surface area is 312 Å².